The Balaban J connectivity index is 1.91. The molecule has 5 nitrogen and oxygen atoms in total. The van der Waals surface area contributed by atoms with Crippen LogP contribution in [0, 0.1) is 5.82 Å². The largest absolute Gasteiger partial charge is 0.478 e. The van der Waals surface area contributed by atoms with E-state index in [-0.39, 0.29) is 11.3 Å². The number of hydrogen-bond acceptors (Lipinski definition) is 3. The van der Waals surface area contributed by atoms with E-state index in [2.05, 4.69) is 5.32 Å². The summed E-state index contributed by atoms with van der Waals surface area (Å²) in [5.41, 5.74) is 2.32. The normalized spacial score (nSPS) is 12.1. The Morgan fingerprint density at radius 2 is 1.61 bits per heavy atom. The summed E-state index contributed by atoms with van der Waals surface area (Å²) in [6.45, 7) is 0. The van der Waals surface area contributed by atoms with Crippen LogP contribution in [0.5, 0.6) is 0 Å². The molecule has 3 rings (SSSR count). The van der Waals surface area contributed by atoms with Crippen LogP contribution in [-0.4, -0.2) is 22.8 Å². The number of halogens is 1. The lowest BCUT2D eigenvalue weighted by molar-refractivity contribution is -0.131. The summed E-state index contributed by atoms with van der Waals surface area (Å²) in [5.74, 6) is -2.66. The summed E-state index contributed by atoms with van der Waals surface area (Å²) in [6.07, 6.45) is 1.59. The Morgan fingerprint density at radius 3 is 2.30 bits per heavy atom. The number of aliphatic carboxylic acids is 1. The fraction of sp³-hybridized carbons (Fsp3) is 0. The summed E-state index contributed by atoms with van der Waals surface area (Å²) >= 11 is 0. The van der Waals surface area contributed by atoms with Crippen molar-refractivity contribution >= 4 is 23.3 Å². The smallest absolute Gasteiger partial charge is 0.328 e. The van der Waals surface area contributed by atoms with Crippen molar-refractivity contribution in [3.8, 4) is 11.1 Å². The summed E-state index contributed by atoms with van der Waals surface area (Å²) in [7, 11) is 0. The first-order valence-electron chi connectivity index (χ1n) is 6.66. The van der Waals surface area contributed by atoms with Crippen molar-refractivity contribution in [1.82, 2.24) is 0 Å². The summed E-state index contributed by atoms with van der Waals surface area (Å²) < 4.78 is 13.3. The average molecular weight is 311 g/mol. The molecule has 2 aromatic rings. The molecule has 0 radical (unpaired) electrons. The molecular formula is C17H10FNO4. The maximum absolute atomic E-state index is 13.3. The maximum atomic E-state index is 13.3. The van der Waals surface area contributed by atoms with Crippen LogP contribution in [0.3, 0.4) is 0 Å². The molecule has 2 N–H and O–H groups in total. The van der Waals surface area contributed by atoms with Crippen molar-refractivity contribution in [3.63, 3.8) is 0 Å². The van der Waals surface area contributed by atoms with E-state index >= 15 is 0 Å². The quantitative estimate of drug-likeness (QED) is 0.728. The average Bonchev–Trinajstić information content (AvgIpc) is 2.78. The first-order chi connectivity index (χ1) is 11.0. The standard InChI is InChI=1S/C17H10FNO4/c18-9-1-3-11-12-4-2-10(19-15(20)5-6-16(21)22)8-14(12)17(23)13(11)7-9/h1-8H,(H,19,20)(H,21,22)/b6-5+. The SMILES string of the molecule is O=C(O)/C=C/C(=O)Nc1ccc2c(c1)C(=O)c1cc(F)ccc1-2. The molecule has 0 saturated heterocycles. The van der Waals surface area contributed by atoms with Crippen molar-refractivity contribution in [3.05, 3.63) is 65.5 Å². The number of carbonyl (C=O) groups is 3. The minimum absolute atomic E-state index is 0.286. The molecule has 0 aliphatic heterocycles. The lowest BCUT2D eigenvalue weighted by Gasteiger charge is -2.05. The third-order valence-corrected chi connectivity index (χ3v) is 3.43. The first-order valence-corrected chi connectivity index (χ1v) is 6.66. The molecule has 6 heteroatoms. The number of benzene rings is 2. The number of amides is 1. The Morgan fingerprint density at radius 1 is 0.957 bits per heavy atom. The number of nitrogens with one attached hydrogen (secondary N) is 1. The Kier molecular flexibility index (Phi) is 3.50. The molecular weight excluding hydrogens is 301 g/mol. The second-order valence-corrected chi connectivity index (χ2v) is 4.94. The Labute approximate surface area is 130 Å². The first kappa shape index (κ1) is 14.6. The number of anilines is 1. The summed E-state index contributed by atoms with van der Waals surface area (Å²) in [6, 6.07) is 8.76. The van der Waals surface area contributed by atoms with Crippen molar-refractivity contribution in [1.29, 1.82) is 0 Å². The number of carboxylic acid groups (broad SMARTS) is 1. The van der Waals surface area contributed by atoms with E-state index in [0.717, 1.165) is 6.08 Å². The Bertz CT molecular complexity index is 886. The van der Waals surface area contributed by atoms with Gasteiger partial charge in [0, 0.05) is 29.0 Å². The lowest BCUT2D eigenvalue weighted by atomic mass is 10.1. The molecule has 0 atom stereocenters. The fourth-order valence-corrected chi connectivity index (χ4v) is 2.46. The van der Waals surface area contributed by atoms with Gasteiger partial charge in [-0.3, -0.25) is 9.59 Å². The molecule has 0 bridgehead atoms. The highest BCUT2D eigenvalue weighted by Gasteiger charge is 2.27. The van der Waals surface area contributed by atoms with E-state index < -0.39 is 17.7 Å². The van der Waals surface area contributed by atoms with Gasteiger partial charge in [-0.1, -0.05) is 12.1 Å². The fourth-order valence-electron chi connectivity index (χ4n) is 2.46. The van der Waals surface area contributed by atoms with Gasteiger partial charge in [0.15, 0.2) is 5.78 Å². The van der Waals surface area contributed by atoms with Crippen LogP contribution < -0.4 is 5.32 Å². The number of carboxylic acids is 1. The van der Waals surface area contributed by atoms with Crippen LogP contribution in [0.1, 0.15) is 15.9 Å². The summed E-state index contributed by atoms with van der Waals surface area (Å²) in [5, 5.41) is 10.9. The van der Waals surface area contributed by atoms with Crippen molar-refractivity contribution < 1.29 is 23.9 Å². The molecule has 2 aromatic carbocycles. The zero-order chi connectivity index (χ0) is 16.6. The molecule has 1 aliphatic carbocycles. The van der Waals surface area contributed by atoms with Crippen molar-refractivity contribution in [2.24, 2.45) is 0 Å². The Hall–Kier alpha value is -3.28. The predicted octanol–water partition coefficient (Wildman–Crippen LogP) is 2.62. The predicted molar refractivity (Wildman–Crippen MR) is 80.7 cm³/mol. The van der Waals surface area contributed by atoms with Gasteiger partial charge < -0.3 is 10.4 Å². The number of hydrogen-bond donors (Lipinski definition) is 2. The zero-order valence-electron chi connectivity index (χ0n) is 11.7. The van der Waals surface area contributed by atoms with Gasteiger partial charge >= 0.3 is 5.97 Å². The van der Waals surface area contributed by atoms with Crippen molar-refractivity contribution in [2.45, 2.75) is 0 Å². The second kappa shape index (κ2) is 5.49. The third-order valence-electron chi connectivity index (χ3n) is 3.43. The number of rotatable bonds is 3. The molecule has 0 saturated carbocycles. The molecule has 114 valence electrons. The molecule has 0 fully saturated rings. The van der Waals surface area contributed by atoms with Gasteiger partial charge in [-0.15, -0.1) is 0 Å². The van der Waals surface area contributed by atoms with E-state index in [0.29, 0.717) is 28.5 Å². The molecule has 1 amide bonds. The molecule has 23 heavy (non-hydrogen) atoms. The second-order valence-electron chi connectivity index (χ2n) is 4.94. The van der Waals surface area contributed by atoms with Gasteiger partial charge in [0.1, 0.15) is 5.82 Å². The molecule has 0 aromatic heterocycles. The number of carbonyl (C=O) groups excluding carboxylic acids is 2. The minimum atomic E-state index is -1.23. The van der Waals surface area contributed by atoms with Crippen LogP contribution in [-0.2, 0) is 9.59 Å². The van der Waals surface area contributed by atoms with Crippen LogP contribution in [0.25, 0.3) is 11.1 Å². The van der Waals surface area contributed by atoms with Crippen LogP contribution in [0.2, 0.25) is 0 Å². The van der Waals surface area contributed by atoms with Crippen molar-refractivity contribution in [2.75, 3.05) is 5.32 Å². The highest BCUT2D eigenvalue weighted by molar-refractivity contribution is 6.22. The van der Waals surface area contributed by atoms with E-state index in [4.69, 9.17) is 5.11 Å². The van der Waals surface area contributed by atoms with E-state index in [1.807, 2.05) is 0 Å². The van der Waals surface area contributed by atoms with Crippen LogP contribution >= 0.6 is 0 Å². The minimum Gasteiger partial charge on any atom is -0.478 e. The van der Waals surface area contributed by atoms with E-state index in [1.165, 1.54) is 18.2 Å². The molecule has 0 heterocycles. The topological polar surface area (TPSA) is 83.5 Å². The van der Waals surface area contributed by atoms with Gasteiger partial charge in [0.05, 0.1) is 0 Å². The molecule has 0 spiro atoms. The van der Waals surface area contributed by atoms with Gasteiger partial charge in [0.2, 0.25) is 5.91 Å². The van der Waals surface area contributed by atoms with Crippen LogP contribution in [0.15, 0.2) is 48.6 Å². The number of ketones is 1. The maximum Gasteiger partial charge on any atom is 0.328 e. The monoisotopic (exact) mass is 311 g/mol. The highest BCUT2D eigenvalue weighted by Crippen LogP contribution is 2.38. The summed E-state index contributed by atoms with van der Waals surface area (Å²) in [4.78, 5) is 34.3. The molecule has 1 aliphatic rings. The highest BCUT2D eigenvalue weighted by atomic mass is 19.1. The molecule has 0 unspecified atom stereocenters. The van der Waals surface area contributed by atoms with Gasteiger partial charge in [0.25, 0.3) is 0 Å². The number of fused-ring (bicyclic) bond motifs is 3. The van der Waals surface area contributed by atoms with Gasteiger partial charge in [-0.2, -0.15) is 0 Å². The zero-order valence-corrected chi connectivity index (χ0v) is 11.7. The van der Waals surface area contributed by atoms with Gasteiger partial charge in [-0.05, 0) is 35.4 Å². The van der Waals surface area contributed by atoms with E-state index in [1.54, 1.807) is 18.2 Å². The van der Waals surface area contributed by atoms with Gasteiger partial charge in [-0.25, -0.2) is 9.18 Å². The lowest BCUT2D eigenvalue weighted by Crippen LogP contribution is -2.09. The van der Waals surface area contributed by atoms with Crippen LogP contribution in [0.4, 0.5) is 10.1 Å². The van der Waals surface area contributed by atoms with E-state index in [9.17, 15) is 18.8 Å². The third kappa shape index (κ3) is 2.74.